The highest BCUT2D eigenvalue weighted by Crippen LogP contribution is 2.32. The van der Waals surface area contributed by atoms with Crippen molar-refractivity contribution in [3.8, 4) is 11.4 Å². The summed E-state index contributed by atoms with van der Waals surface area (Å²) in [5, 5.41) is 5.27. The van der Waals surface area contributed by atoms with E-state index in [-0.39, 0.29) is 17.1 Å². The molecule has 1 aromatic heterocycles. The molecular weight excluding hydrogens is 453 g/mol. The number of nitrogens with one attached hydrogen (secondary N) is 1. The molecule has 1 N–H and O–H groups in total. The van der Waals surface area contributed by atoms with E-state index in [0.717, 1.165) is 12.1 Å². The summed E-state index contributed by atoms with van der Waals surface area (Å²) in [6.45, 7) is 0. The molecule has 0 aliphatic rings. The molecule has 3 aromatic rings. The van der Waals surface area contributed by atoms with Crippen molar-refractivity contribution in [1.29, 1.82) is 0 Å². The fraction of sp³-hybridized carbons (Fsp3) is 0.118. The van der Waals surface area contributed by atoms with Crippen LogP contribution in [-0.2, 0) is 16.9 Å². The van der Waals surface area contributed by atoms with Crippen molar-refractivity contribution in [2.75, 3.05) is 5.32 Å². The Morgan fingerprint density at radius 3 is 2.11 bits per heavy atom. The Kier molecular flexibility index (Phi) is 5.20. The Balaban J connectivity index is 1.74. The predicted octanol–water partition coefficient (Wildman–Crippen LogP) is 5.25. The van der Waals surface area contributed by atoms with Crippen LogP contribution in [0.25, 0.3) is 11.4 Å². The van der Waals surface area contributed by atoms with E-state index in [1.54, 1.807) is 0 Å². The van der Waals surface area contributed by atoms with Crippen LogP contribution in [0.2, 0.25) is 0 Å². The first kappa shape index (κ1) is 19.9. The average Bonchev–Trinajstić information content (AvgIpc) is 3.13. The maximum Gasteiger partial charge on any atom is 0.471 e. The molecule has 5 nitrogen and oxygen atoms in total. The van der Waals surface area contributed by atoms with E-state index in [1.165, 1.54) is 36.4 Å². The van der Waals surface area contributed by atoms with Crippen molar-refractivity contribution in [2.45, 2.75) is 12.1 Å². The van der Waals surface area contributed by atoms with Gasteiger partial charge in [-0.25, -0.2) is 0 Å². The van der Waals surface area contributed by atoms with E-state index in [4.69, 9.17) is 0 Å². The summed E-state index contributed by atoms with van der Waals surface area (Å²) in [7, 11) is 0. The maximum atomic E-state index is 14.3. The van der Waals surface area contributed by atoms with Crippen molar-refractivity contribution in [1.82, 2.24) is 10.1 Å². The van der Waals surface area contributed by atoms with Gasteiger partial charge in [0.15, 0.2) is 0 Å². The van der Waals surface area contributed by atoms with Gasteiger partial charge in [-0.2, -0.15) is 26.9 Å². The summed E-state index contributed by atoms with van der Waals surface area (Å²) in [4.78, 5) is 15.2. The van der Waals surface area contributed by atoms with Gasteiger partial charge in [-0.15, -0.1) is 0 Å². The SMILES string of the molecule is O=C(Nc1ccc(-c2noc(C(F)(F)F)n2)cc1)C(F)(F)c1ccc(Br)cc1. The van der Waals surface area contributed by atoms with Gasteiger partial charge in [0, 0.05) is 21.3 Å². The molecule has 0 saturated carbocycles. The lowest BCUT2D eigenvalue weighted by Crippen LogP contribution is -2.32. The monoisotopic (exact) mass is 461 g/mol. The first-order chi connectivity index (χ1) is 13.1. The number of halogens is 6. The largest absolute Gasteiger partial charge is 0.471 e. The number of carbonyl (C=O) groups excluding carboxylic acids is 1. The Hall–Kier alpha value is -2.82. The van der Waals surface area contributed by atoms with Crippen LogP contribution in [0.5, 0.6) is 0 Å². The molecule has 0 aliphatic heterocycles. The van der Waals surface area contributed by atoms with Crippen LogP contribution in [0, 0.1) is 0 Å². The minimum Gasteiger partial charge on any atom is -0.329 e. The molecule has 0 radical (unpaired) electrons. The number of nitrogens with zero attached hydrogens (tertiary/aromatic N) is 2. The third-order valence-electron chi connectivity index (χ3n) is 3.56. The van der Waals surface area contributed by atoms with Gasteiger partial charge in [0.05, 0.1) is 0 Å². The normalized spacial score (nSPS) is 12.1. The van der Waals surface area contributed by atoms with E-state index >= 15 is 0 Å². The number of anilines is 1. The molecule has 28 heavy (non-hydrogen) atoms. The molecule has 0 fully saturated rings. The fourth-order valence-electron chi connectivity index (χ4n) is 2.16. The van der Waals surface area contributed by atoms with Gasteiger partial charge in [0.25, 0.3) is 5.91 Å². The lowest BCUT2D eigenvalue weighted by atomic mass is 10.1. The van der Waals surface area contributed by atoms with Gasteiger partial charge < -0.3 is 9.84 Å². The molecule has 0 unspecified atom stereocenters. The lowest BCUT2D eigenvalue weighted by molar-refractivity contribution is -0.159. The molecular formula is C17H9BrF5N3O2. The van der Waals surface area contributed by atoms with E-state index in [0.29, 0.717) is 4.47 Å². The van der Waals surface area contributed by atoms with Crippen LogP contribution in [-0.4, -0.2) is 16.0 Å². The van der Waals surface area contributed by atoms with Gasteiger partial charge in [-0.3, -0.25) is 4.79 Å². The fourth-order valence-corrected chi connectivity index (χ4v) is 2.42. The lowest BCUT2D eigenvalue weighted by Gasteiger charge is -2.16. The Labute approximate surface area is 162 Å². The van der Waals surface area contributed by atoms with Crippen molar-refractivity contribution in [3.05, 3.63) is 64.5 Å². The van der Waals surface area contributed by atoms with Crippen molar-refractivity contribution in [2.24, 2.45) is 0 Å². The molecule has 0 bridgehead atoms. The van der Waals surface area contributed by atoms with Gasteiger partial charge in [0.1, 0.15) is 0 Å². The van der Waals surface area contributed by atoms with E-state index in [9.17, 15) is 26.7 Å². The molecule has 1 amide bonds. The molecule has 0 spiro atoms. The van der Waals surface area contributed by atoms with Gasteiger partial charge in [0.2, 0.25) is 5.82 Å². The molecule has 11 heteroatoms. The van der Waals surface area contributed by atoms with Crippen molar-refractivity contribution in [3.63, 3.8) is 0 Å². The summed E-state index contributed by atoms with van der Waals surface area (Å²) >= 11 is 3.12. The Morgan fingerprint density at radius 1 is 0.964 bits per heavy atom. The second-order valence-corrected chi connectivity index (χ2v) is 6.45. The van der Waals surface area contributed by atoms with E-state index in [1.807, 2.05) is 0 Å². The zero-order chi connectivity index (χ0) is 20.5. The van der Waals surface area contributed by atoms with Gasteiger partial charge in [-0.1, -0.05) is 33.2 Å². The first-order valence-electron chi connectivity index (χ1n) is 7.54. The molecule has 3 rings (SSSR count). The third kappa shape index (κ3) is 4.19. The summed E-state index contributed by atoms with van der Waals surface area (Å²) < 4.78 is 70.7. The van der Waals surface area contributed by atoms with E-state index in [2.05, 4.69) is 35.9 Å². The highest BCUT2D eigenvalue weighted by molar-refractivity contribution is 9.10. The number of alkyl halides is 5. The van der Waals surface area contributed by atoms with Crippen LogP contribution in [0.15, 0.2) is 57.5 Å². The van der Waals surface area contributed by atoms with Crippen LogP contribution in [0.1, 0.15) is 11.5 Å². The van der Waals surface area contributed by atoms with Crippen LogP contribution < -0.4 is 5.32 Å². The summed E-state index contributed by atoms with van der Waals surface area (Å²) in [5.41, 5.74) is -0.321. The number of rotatable bonds is 4. The summed E-state index contributed by atoms with van der Waals surface area (Å²) in [6.07, 6.45) is -4.78. The second kappa shape index (κ2) is 7.30. The standard InChI is InChI=1S/C17H9BrF5N3O2/c18-11-5-3-10(4-6-11)16(19,20)14(27)24-12-7-1-9(2-8-12)13-25-15(28-26-13)17(21,22)23/h1-8H,(H,24,27). The van der Waals surface area contributed by atoms with Crippen LogP contribution >= 0.6 is 15.9 Å². The zero-order valence-corrected chi connectivity index (χ0v) is 15.2. The van der Waals surface area contributed by atoms with Crippen molar-refractivity contribution < 1.29 is 31.3 Å². The smallest absolute Gasteiger partial charge is 0.329 e. The number of hydrogen-bond acceptors (Lipinski definition) is 4. The second-order valence-electron chi connectivity index (χ2n) is 5.53. The molecule has 1 heterocycles. The van der Waals surface area contributed by atoms with E-state index < -0.39 is 29.5 Å². The van der Waals surface area contributed by atoms with Gasteiger partial charge >= 0.3 is 18.0 Å². The van der Waals surface area contributed by atoms with Crippen LogP contribution in [0.3, 0.4) is 0 Å². The third-order valence-corrected chi connectivity index (χ3v) is 4.09. The average molecular weight is 462 g/mol. The number of carbonyl (C=O) groups is 1. The predicted molar refractivity (Wildman–Crippen MR) is 91.4 cm³/mol. The molecule has 146 valence electrons. The zero-order valence-electron chi connectivity index (χ0n) is 13.6. The summed E-state index contributed by atoms with van der Waals surface area (Å²) in [6, 6.07) is 9.97. The number of aromatic nitrogens is 2. The Morgan fingerprint density at radius 2 is 1.57 bits per heavy atom. The number of amides is 1. The highest BCUT2D eigenvalue weighted by Gasteiger charge is 2.41. The maximum absolute atomic E-state index is 14.3. The van der Waals surface area contributed by atoms with Gasteiger partial charge in [-0.05, 0) is 36.4 Å². The number of hydrogen-bond donors (Lipinski definition) is 1. The van der Waals surface area contributed by atoms with Crippen molar-refractivity contribution >= 4 is 27.5 Å². The Bertz CT molecular complexity index is 985. The summed E-state index contributed by atoms with van der Waals surface area (Å²) in [5.74, 6) is -7.17. The highest BCUT2D eigenvalue weighted by atomic mass is 79.9. The quantitative estimate of drug-likeness (QED) is 0.539. The molecule has 0 atom stereocenters. The topological polar surface area (TPSA) is 68.0 Å². The molecule has 0 aliphatic carbocycles. The minimum atomic E-state index is -4.78. The minimum absolute atomic E-state index is 0.0186. The van der Waals surface area contributed by atoms with Crippen LogP contribution in [0.4, 0.5) is 27.6 Å². The first-order valence-corrected chi connectivity index (χ1v) is 8.33. The molecule has 0 saturated heterocycles. The number of benzene rings is 2. The molecule has 2 aromatic carbocycles.